The molecule has 0 aromatic carbocycles. The van der Waals surface area contributed by atoms with E-state index in [-0.39, 0.29) is 6.61 Å². The maximum Gasteiger partial charge on any atom is 0.0738 e. The van der Waals surface area contributed by atoms with E-state index in [1.165, 1.54) is 11.8 Å². The van der Waals surface area contributed by atoms with Crippen molar-refractivity contribution >= 4 is 11.8 Å². The van der Waals surface area contributed by atoms with Crippen molar-refractivity contribution in [2.24, 2.45) is 0 Å². The van der Waals surface area contributed by atoms with Crippen molar-refractivity contribution in [3.63, 3.8) is 0 Å². The lowest BCUT2D eigenvalue weighted by Gasteiger charge is -1.98. The third kappa shape index (κ3) is 4.06. The molecule has 0 aromatic rings. The minimum Gasteiger partial charge on any atom is -0.391 e. The van der Waals surface area contributed by atoms with Gasteiger partial charge in [0.05, 0.1) is 6.61 Å². The summed E-state index contributed by atoms with van der Waals surface area (Å²) in [4.78, 5) is 1.51. The van der Waals surface area contributed by atoms with E-state index in [0.29, 0.717) is 4.91 Å². The predicted octanol–water partition coefficient (Wildman–Crippen LogP) is 1.93. The lowest BCUT2D eigenvalue weighted by molar-refractivity contribution is 0.340. The Balaban J connectivity index is 3.59. The maximum atomic E-state index is 8.48. The van der Waals surface area contributed by atoms with Crippen molar-refractivity contribution in [2.45, 2.75) is 0 Å². The Labute approximate surface area is 59.8 Å². The molecule has 0 aliphatic carbocycles. The van der Waals surface area contributed by atoms with Crippen molar-refractivity contribution in [3.05, 3.63) is 35.6 Å². The van der Waals surface area contributed by atoms with Gasteiger partial charge in [0, 0.05) is 9.81 Å². The second kappa shape index (κ2) is 4.41. The minimum absolute atomic E-state index is 0.00245. The first kappa shape index (κ1) is 8.53. The molecule has 0 aliphatic rings. The summed E-state index contributed by atoms with van der Waals surface area (Å²) in [6, 6.07) is 0. The Kier molecular flexibility index (Phi) is 4.18. The van der Waals surface area contributed by atoms with Crippen LogP contribution < -0.4 is 0 Å². The van der Waals surface area contributed by atoms with Crippen LogP contribution >= 0.6 is 11.8 Å². The predicted molar refractivity (Wildman–Crippen MR) is 43.2 cm³/mol. The molecule has 1 N–H and O–H groups in total. The Morgan fingerprint density at radius 1 is 1.56 bits per heavy atom. The Hall–Kier alpha value is -0.470. The molecule has 0 saturated carbocycles. The first-order valence-electron chi connectivity index (χ1n) is 2.48. The monoisotopic (exact) mass is 142 g/mol. The molecule has 0 aliphatic heterocycles. The van der Waals surface area contributed by atoms with Crippen LogP contribution in [-0.4, -0.2) is 11.7 Å². The third-order valence-electron chi connectivity index (χ3n) is 0.679. The summed E-state index contributed by atoms with van der Waals surface area (Å²) in [6.45, 7) is 10.7. The molecule has 0 saturated heterocycles. The Morgan fingerprint density at radius 3 is 2.44 bits per heavy atom. The van der Waals surface area contributed by atoms with Crippen LogP contribution in [0.2, 0.25) is 0 Å². The molecule has 9 heavy (non-hydrogen) atoms. The highest BCUT2D eigenvalue weighted by Gasteiger charge is 1.91. The molecule has 0 aromatic heterocycles. The molecule has 0 amide bonds. The van der Waals surface area contributed by atoms with Gasteiger partial charge in [0.25, 0.3) is 0 Å². The summed E-state index contributed by atoms with van der Waals surface area (Å²) in [6.07, 6.45) is 1.63. The molecule has 50 valence electrons. The molecule has 2 heteroatoms. The zero-order valence-corrected chi connectivity index (χ0v) is 6.08. The van der Waals surface area contributed by atoms with E-state index in [1.54, 1.807) is 6.08 Å². The van der Waals surface area contributed by atoms with E-state index in [0.717, 1.165) is 4.91 Å². The van der Waals surface area contributed by atoms with Gasteiger partial charge in [0.1, 0.15) is 0 Å². The van der Waals surface area contributed by atoms with Gasteiger partial charge >= 0.3 is 0 Å². The molecule has 0 rings (SSSR count). The second-order valence-corrected chi connectivity index (χ2v) is 2.78. The molecule has 1 nitrogen and oxygen atoms in total. The van der Waals surface area contributed by atoms with Crippen LogP contribution in [0.5, 0.6) is 0 Å². The van der Waals surface area contributed by atoms with Crippen LogP contribution in [0.3, 0.4) is 0 Å². The van der Waals surface area contributed by atoms with Gasteiger partial charge in [-0.2, -0.15) is 0 Å². The molecule has 0 radical (unpaired) electrons. The molecule has 0 spiro atoms. The first-order chi connectivity index (χ1) is 4.20. The molecule has 0 bridgehead atoms. The average Bonchev–Trinajstić information content (AvgIpc) is 1.87. The average molecular weight is 142 g/mol. The van der Waals surface area contributed by atoms with Crippen LogP contribution in [0.25, 0.3) is 0 Å². The maximum absolute atomic E-state index is 8.48. The fourth-order valence-electron chi connectivity index (χ4n) is 0.259. The lowest BCUT2D eigenvalue weighted by atomic mass is 10.6. The van der Waals surface area contributed by atoms with Gasteiger partial charge in [-0.15, -0.1) is 0 Å². The number of aliphatic hydroxyl groups is 1. The zero-order valence-electron chi connectivity index (χ0n) is 5.26. The second-order valence-electron chi connectivity index (χ2n) is 1.47. The van der Waals surface area contributed by atoms with E-state index in [1.807, 2.05) is 0 Å². The summed E-state index contributed by atoms with van der Waals surface area (Å²) in [5.74, 6) is 0. The van der Waals surface area contributed by atoms with Gasteiger partial charge < -0.3 is 5.11 Å². The van der Waals surface area contributed by atoms with E-state index in [2.05, 4.69) is 19.7 Å². The zero-order chi connectivity index (χ0) is 7.28. The SMILES string of the molecule is C=CC(=C)SC(=C)CO. The van der Waals surface area contributed by atoms with Crippen molar-refractivity contribution in [1.29, 1.82) is 0 Å². The van der Waals surface area contributed by atoms with Crippen LogP contribution in [0, 0.1) is 0 Å². The van der Waals surface area contributed by atoms with Gasteiger partial charge in [-0.3, -0.25) is 0 Å². The fraction of sp³-hybridized carbons (Fsp3) is 0.143. The topological polar surface area (TPSA) is 20.2 Å². The first-order valence-corrected chi connectivity index (χ1v) is 3.30. The quantitative estimate of drug-likeness (QED) is 0.605. The van der Waals surface area contributed by atoms with E-state index >= 15 is 0 Å². The lowest BCUT2D eigenvalue weighted by Crippen LogP contribution is -1.80. The van der Waals surface area contributed by atoms with Gasteiger partial charge in [-0.1, -0.05) is 37.6 Å². The third-order valence-corrected chi connectivity index (χ3v) is 1.53. The molecular formula is C7H10OS. The highest BCUT2D eigenvalue weighted by atomic mass is 32.2. The van der Waals surface area contributed by atoms with Crippen LogP contribution in [-0.2, 0) is 0 Å². The highest BCUT2D eigenvalue weighted by Crippen LogP contribution is 2.21. The standard InChI is InChI=1S/C7H10OS/c1-4-6(2)9-7(3)5-8/h4,8H,1-3,5H2. The number of aliphatic hydroxyl groups excluding tert-OH is 1. The number of thioether (sulfide) groups is 1. The van der Waals surface area contributed by atoms with E-state index in [4.69, 9.17) is 5.11 Å². The summed E-state index contributed by atoms with van der Waals surface area (Å²) in [5.41, 5.74) is 0. The minimum atomic E-state index is -0.00245. The molecule has 0 atom stereocenters. The van der Waals surface area contributed by atoms with Crippen LogP contribution in [0.1, 0.15) is 0 Å². The molecular weight excluding hydrogens is 132 g/mol. The normalized spacial score (nSPS) is 8.56. The number of allylic oxidation sites excluding steroid dienone is 1. The van der Waals surface area contributed by atoms with Gasteiger partial charge in [0.15, 0.2) is 0 Å². The smallest absolute Gasteiger partial charge is 0.0738 e. The van der Waals surface area contributed by atoms with Gasteiger partial charge in [0.2, 0.25) is 0 Å². The van der Waals surface area contributed by atoms with Crippen molar-refractivity contribution in [2.75, 3.05) is 6.61 Å². The summed E-state index contributed by atoms with van der Waals surface area (Å²) < 4.78 is 0. The summed E-state index contributed by atoms with van der Waals surface area (Å²) in [5, 5.41) is 8.48. The number of hydrogen-bond donors (Lipinski definition) is 1. The molecule has 0 fully saturated rings. The Morgan fingerprint density at radius 2 is 2.11 bits per heavy atom. The summed E-state index contributed by atoms with van der Waals surface area (Å²) in [7, 11) is 0. The fourth-order valence-corrected chi connectivity index (χ4v) is 0.778. The van der Waals surface area contributed by atoms with Gasteiger partial charge in [-0.05, 0) is 0 Å². The number of rotatable bonds is 4. The molecule has 0 unspecified atom stereocenters. The number of hydrogen-bond acceptors (Lipinski definition) is 2. The Bertz CT molecular complexity index is 138. The molecule has 0 heterocycles. The van der Waals surface area contributed by atoms with Crippen molar-refractivity contribution in [3.8, 4) is 0 Å². The summed E-state index contributed by atoms with van der Waals surface area (Å²) >= 11 is 1.34. The highest BCUT2D eigenvalue weighted by molar-refractivity contribution is 8.06. The van der Waals surface area contributed by atoms with E-state index in [9.17, 15) is 0 Å². The largest absolute Gasteiger partial charge is 0.391 e. The van der Waals surface area contributed by atoms with Crippen LogP contribution in [0.4, 0.5) is 0 Å². The van der Waals surface area contributed by atoms with Crippen LogP contribution in [0.15, 0.2) is 35.6 Å². The van der Waals surface area contributed by atoms with E-state index < -0.39 is 0 Å². The van der Waals surface area contributed by atoms with Crippen molar-refractivity contribution < 1.29 is 5.11 Å². The van der Waals surface area contributed by atoms with Crippen molar-refractivity contribution in [1.82, 2.24) is 0 Å². The van der Waals surface area contributed by atoms with Gasteiger partial charge in [-0.25, -0.2) is 0 Å².